The molecule has 1 aliphatic carbocycles. The third kappa shape index (κ3) is 6.32. The highest BCUT2D eigenvalue weighted by molar-refractivity contribution is 7.13. The van der Waals surface area contributed by atoms with Crippen LogP contribution in [0.1, 0.15) is 56.1 Å². The summed E-state index contributed by atoms with van der Waals surface area (Å²) < 4.78 is 0. The maximum absolute atomic E-state index is 13.2. The molecule has 4 rings (SSSR count). The van der Waals surface area contributed by atoms with E-state index in [-0.39, 0.29) is 11.8 Å². The summed E-state index contributed by atoms with van der Waals surface area (Å²) >= 11 is 1.68. The number of thiophene rings is 1. The molecule has 0 bridgehead atoms. The molecule has 1 unspecified atom stereocenters. The van der Waals surface area contributed by atoms with E-state index in [1.54, 1.807) is 11.3 Å². The number of unbranched alkanes of at least 4 members (excludes halogenated alkanes) is 3. The molecule has 0 fully saturated rings. The molecule has 1 heterocycles. The van der Waals surface area contributed by atoms with Crippen molar-refractivity contribution in [3.63, 3.8) is 0 Å². The Morgan fingerprint density at radius 1 is 0.917 bits per heavy atom. The number of nitrogens with one attached hydrogen (secondary N) is 1. The number of anilines is 1. The molecular formula is C30H33N3O2S. The zero-order chi connectivity index (χ0) is 25.4. The minimum atomic E-state index is -0.750. The molecule has 5 nitrogen and oxygen atoms in total. The van der Waals surface area contributed by atoms with E-state index in [0.717, 1.165) is 52.8 Å². The lowest BCUT2D eigenvalue weighted by atomic mass is 9.77. The maximum Gasteiger partial charge on any atom is 0.220 e. The van der Waals surface area contributed by atoms with Gasteiger partial charge in [-0.2, -0.15) is 0 Å². The van der Waals surface area contributed by atoms with Crippen molar-refractivity contribution in [1.82, 2.24) is 5.32 Å². The van der Waals surface area contributed by atoms with Crippen LogP contribution in [0.2, 0.25) is 0 Å². The van der Waals surface area contributed by atoms with E-state index in [1.165, 1.54) is 0 Å². The van der Waals surface area contributed by atoms with Gasteiger partial charge in [-0.05, 0) is 53.1 Å². The van der Waals surface area contributed by atoms with Crippen LogP contribution in [0.15, 0.2) is 84.3 Å². The highest BCUT2D eigenvalue weighted by Gasteiger charge is 2.36. The van der Waals surface area contributed by atoms with Gasteiger partial charge >= 0.3 is 0 Å². The van der Waals surface area contributed by atoms with Crippen molar-refractivity contribution in [1.29, 1.82) is 0 Å². The monoisotopic (exact) mass is 499 g/mol. The number of allylic oxidation sites excluding steroid dienone is 2. The molecule has 2 aromatic carbocycles. The standard InChI is InChI=1S/C30H33N3O2S/c31-26-17-16-23(27-13-9-19-36-27)20-25(26)30(33-29(35)15-7-2-1-6-14-28(32)34)18-8-12-24(21-30)22-10-4-3-5-11-22/h3-5,8-13,16-20H,1-2,6-7,14-15,21,31H2,(H2,32,34)(H,33,35). The number of carbonyl (C=O) groups excluding carboxylic acids is 2. The van der Waals surface area contributed by atoms with Crippen molar-refractivity contribution in [3.8, 4) is 10.4 Å². The van der Waals surface area contributed by atoms with Gasteiger partial charge in [-0.1, -0.05) is 73.5 Å². The topological polar surface area (TPSA) is 98.2 Å². The number of hydrogen-bond donors (Lipinski definition) is 3. The van der Waals surface area contributed by atoms with Crippen molar-refractivity contribution in [3.05, 3.63) is 95.4 Å². The lowest BCUT2D eigenvalue weighted by Gasteiger charge is -2.37. The summed E-state index contributed by atoms with van der Waals surface area (Å²) in [4.78, 5) is 25.3. The molecule has 5 N–H and O–H groups in total. The normalized spacial score (nSPS) is 16.9. The number of rotatable bonds is 11. The molecule has 1 atom stereocenters. The van der Waals surface area contributed by atoms with E-state index in [1.807, 2.05) is 42.5 Å². The molecule has 1 aliphatic rings. The van der Waals surface area contributed by atoms with Crippen LogP contribution in [0.25, 0.3) is 16.0 Å². The predicted octanol–water partition coefficient (Wildman–Crippen LogP) is 6.18. The first kappa shape index (κ1) is 25.5. The Balaban J connectivity index is 1.58. The van der Waals surface area contributed by atoms with Crippen LogP contribution in [0.3, 0.4) is 0 Å². The van der Waals surface area contributed by atoms with Crippen molar-refractivity contribution < 1.29 is 9.59 Å². The van der Waals surface area contributed by atoms with Gasteiger partial charge in [0.1, 0.15) is 0 Å². The van der Waals surface area contributed by atoms with E-state index >= 15 is 0 Å². The largest absolute Gasteiger partial charge is 0.398 e. The van der Waals surface area contributed by atoms with Crippen LogP contribution in [0, 0.1) is 0 Å². The average molecular weight is 500 g/mol. The molecule has 36 heavy (non-hydrogen) atoms. The third-order valence-electron chi connectivity index (χ3n) is 6.57. The van der Waals surface area contributed by atoms with Gasteiger partial charge in [-0.3, -0.25) is 9.59 Å². The molecule has 0 saturated heterocycles. The Morgan fingerprint density at radius 2 is 1.69 bits per heavy atom. The summed E-state index contributed by atoms with van der Waals surface area (Å²) in [5, 5.41) is 5.41. The molecule has 0 radical (unpaired) electrons. The van der Waals surface area contributed by atoms with Crippen LogP contribution in [-0.2, 0) is 15.1 Å². The summed E-state index contributed by atoms with van der Waals surface area (Å²) in [6.07, 6.45) is 10.9. The number of carbonyl (C=O) groups is 2. The van der Waals surface area contributed by atoms with Gasteiger partial charge in [0.15, 0.2) is 0 Å². The molecular weight excluding hydrogens is 466 g/mol. The Morgan fingerprint density at radius 3 is 2.42 bits per heavy atom. The molecule has 1 aromatic heterocycles. The number of primary amides is 1. The zero-order valence-electron chi connectivity index (χ0n) is 20.4. The van der Waals surface area contributed by atoms with Gasteiger partial charge in [0, 0.05) is 35.4 Å². The summed E-state index contributed by atoms with van der Waals surface area (Å²) in [7, 11) is 0. The second-order valence-electron chi connectivity index (χ2n) is 9.27. The number of benzene rings is 2. The second kappa shape index (κ2) is 11.9. The summed E-state index contributed by atoms with van der Waals surface area (Å²) in [5.41, 5.74) is 15.9. The third-order valence-corrected chi connectivity index (χ3v) is 7.49. The van der Waals surface area contributed by atoms with E-state index in [0.29, 0.717) is 24.9 Å². The fraction of sp³-hybridized carbons (Fsp3) is 0.267. The SMILES string of the molecule is NC(=O)CCCCCCC(=O)NC1(c2cc(-c3cccs3)ccc2N)C=CC=C(c2ccccc2)C1. The molecule has 186 valence electrons. The first-order valence-corrected chi connectivity index (χ1v) is 13.3. The minimum absolute atomic E-state index is 0.00945. The first-order chi connectivity index (χ1) is 17.5. The number of nitrogen functional groups attached to an aromatic ring is 1. The van der Waals surface area contributed by atoms with Crippen LogP contribution in [0.4, 0.5) is 5.69 Å². The number of amides is 2. The Bertz CT molecular complexity index is 1250. The maximum atomic E-state index is 13.2. The van der Waals surface area contributed by atoms with Crippen molar-refractivity contribution in [2.75, 3.05) is 5.73 Å². The van der Waals surface area contributed by atoms with E-state index in [2.05, 4.69) is 47.1 Å². The van der Waals surface area contributed by atoms with Crippen molar-refractivity contribution >= 4 is 34.4 Å². The molecule has 0 aliphatic heterocycles. The molecule has 0 saturated carbocycles. The van der Waals surface area contributed by atoms with Gasteiger partial charge in [-0.25, -0.2) is 0 Å². The van der Waals surface area contributed by atoms with Crippen molar-refractivity contribution in [2.24, 2.45) is 5.73 Å². The summed E-state index contributed by atoms with van der Waals surface area (Å²) in [5.74, 6) is -0.284. The molecule has 2 amide bonds. The van der Waals surface area contributed by atoms with Gasteiger partial charge in [0.05, 0.1) is 5.54 Å². The van der Waals surface area contributed by atoms with Crippen LogP contribution < -0.4 is 16.8 Å². The van der Waals surface area contributed by atoms with Gasteiger partial charge in [-0.15, -0.1) is 11.3 Å². The Labute approximate surface area is 216 Å². The second-order valence-corrected chi connectivity index (χ2v) is 10.2. The van der Waals surface area contributed by atoms with Crippen LogP contribution in [0.5, 0.6) is 0 Å². The summed E-state index contributed by atoms with van der Waals surface area (Å²) in [6, 6.07) is 20.5. The van der Waals surface area contributed by atoms with E-state index < -0.39 is 5.54 Å². The number of nitrogens with two attached hydrogens (primary N) is 2. The van der Waals surface area contributed by atoms with Gasteiger partial charge in [0.25, 0.3) is 0 Å². The summed E-state index contributed by atoms with van der Waals surface area (Å²) in [6.45, 7) is 0. The van der Waals surface area contributed by atoms with Gasteiger partial charge in [0.2, 0.25) is 11.8 Å². The fourth-order valence-electron chi connectivity index (χ4n) is 4.72. The van der Waals surface area contributed by atoms with Crippen molar-refractivity contribution in [2.45, 2.75) is 50.5 Å². The van der Waals surface area contributed by atoms with Crippen LogP contribution >= 0.6 is 11.3 Å². The lowest BCUT2D eigenvalue weighted by Crippen LogP contribution is -2.45. The smallest absolute Gasteiger partial charge is 0.220 e. The van der Waals surface area contributed by atoms with Gasteiger partial charge < -0.3 is 16.8 Å². The minimum Gasteiger partial charge on any atom is -0.398 e. The predicted molar refractivity (Wildman–Crippen MR) is 149 cm³/mol. The first-order valence-electron chi connectivity index (χ1n) is 12.4. The van der Waals surface area contributed by atoms with E-state index in [4.69, 9.17) is 11.5 Å². The highest BCUT2D eigenvalue weighted by Crippen LogP contribution is 2.41. The fourth-order valence-corrected chi connectivity index (χ4v) is 5.45. The highest BCUT2D eigenvalue weighted by atomic mass is 32.1. The average Bonchev–Trinajstić information content (AvgIpc) is 3.42. The number of hydrogen-bond acceptors (Lipinski definition) is 4. The molecule has 0 spiro atoms. The van der Waals surface area contributed by atoms with Crippen LogP contribution in [-0.4, -0.2) is 11.8 Å². The molecule has 3 aromatic rings. The Hall–Kier alpha value is -3.64. The lowest BCUT2D eigenvalue weighted by molar-refractivity contribution is -0.123. The quantitative estimate of drug-likeness (QED) is 0.217. The molecule has 6 heteroatoms. The zero-order valence-corrected chi connectivity index (χ0v) is 21.2. The van der Waals surface area contributed by atoms with E-state index in [9.17, 15) is 9.59 Å². The Kier molecular flexibility index (Phi) is 8.39.